The fourth-order valence-corrected chi connectivity index (χ4v) is 2.19. The van der Waals surface area contributed by atoms with E-state index < -0.39 is 16.8 Å². The number of furan rings is 1. The number of carboxylic acid groups (broad SMARTS) is 1. The van der Waals surface area contributed by atoms with E-state index >= 15 is 0 Å². The quantitative estimate of drug-likeness (QED) is 0.786. The third kappa shape index (κ3) is 3.65. The standard InChI is InChI=1S/C13H15NO4S/c1-19(17)5-4-14-8-9-2-3-11-10(6-9)7-12(18-11)13(15)16/h2-3,6-7,14H,4-5,8H2,1H3,(H,15,16). The molecule has 1 atom stereocenters. The van der Waals surface area contributed by atoms with Crippen LogP contribution in [0.3, 0.4) is 0 Å². The molecule has 0 aliphatic rings. The van der Waals surface area contributed by atoms with Crippen LogP contribution in [0.5, 0.6) is 0 Å². The number of carbonyl (C=O) groups is 1. The van der Waals surface area contributed by atoms with Crippen LogP contribution in [0.15, 0.2) is 28.7 Å². The number of carboxylic acids is 1. The minimum atomic E-state index is -1.07. The van der Waals surface area contributed by atoms with Crippen molar-refractivity contribution in [3.8, 4) is 0 Å². The lowest BCUT2D eigenvalue weighted by Gasteiger charge is -2.03. The molecule has 0 aliphatic heterocycles. The van der Waals surface area contributed by atoms with E-state index in [1.807, 2.05) is 12.1 Å². The Balaban J connectivity index is 2.04. The van der Waals surface area contributed by atoms with Crippen molar-refractivity contribution in [2.24, 2.45) is 0 Å². The Kier molecular flexibility index (Phi) is 4.34. The summed E-state index contributed by atoms with van der Waals surface area (Å²) in [5.41, 5.74) is 1.60. The van der Waals surface area contributed by atoms with Crippen molar-refractivity contribution in [2.75, 3.05) is 18.6 Å². The van der Waals surface area contributed by atoms with Crippen molar-refractivity contribution in [2.45, 2.75) is 6.54 Å². The van der Waals surface area contributed by atoms with E-state index in [4.69, 9.17) is 9.52 Å². The van der Waals surface area contributed by atoms with E-state index in [1.165, 1.54) is 6.07 Å². The summed E-state index contributed by atoms with van der Waals surface area (Å²) in [6, 6.07) is 7.05. The molecule has 0 spiro atoms. The molecule has 2 aromatic rings. The Morgan fingerprint density at radius 1 is 1.42 bits per heavy atom. The number of fused-ring (bicyclic) bond motifs is 1. The zero-order chi connectivity index (χ0) is 13.8. The molecule has 0 saturated carbocycles. The van der Waals surface area contributed by atoms with E-state index in [9.17, 15) is 9.00 Å². The first kappa shape index (κ1) is 13.8. The molecule has 1 unspecified atom stereocenters. The van der Waals surface area contributed by atoms with Gasteiger partial charge in [0.05, 0.1) is 0 Å². The molecule has 6 heteroatoms. The molecule has 2 N–H and O–H groups in total. The smallest absolute Gasteiger partial charge is 0.371 e. The van der Waals surface area contributed by atoms with Gasteiger partial charge in [0, 0.05) is 41.3 Å². The molecule has 0 amide bonds. The molecule has 1 heterocycles. The lowest BCUT2D eigenvalue weighted by Crippen LogP contribution is -2.19. The summed E-state index contributed by atoms with van der Waals surface area (Å²) >= 11 is 0. The van der Waals surface area contributed by atoms with E-state index in [1.54, 1.807) is 12.3 Å². The summed E-state index contributed by atoms with van der Waals surface area (Å²) in [5, 5.41) is 12.8. The van der Waals surface area contributed by atoms with Crippen LogP contribution in [0.25, 0.3) is 11.0 Å². The predicted molar refractivity (Wildman–Crippen MR) is 73.8 cm³/mol. The largest absolute Gasteiger partial charge is 0.475 e. The van der Waals surface area contributed by atoms with E-state index in [0.29, 0.717) is 24.4 Å². The number of aromatic carboxylic acids is 1. The maximum Gasteiger partial charge on any atom is 0.371 e. The molecule has 0 saturated heterocycles. The van der Waals surface area contributed by atoms with Crippen molar-refractivity contribution in [3.05, 3.63) is 35.6 Å². The first-order valence-electron chi connectivity index (χ1n) is 5.83. The second kappa shape index (κ2) is 5.99. The molecule has 1 aromatic heterocycles. The first-order valence-corrected chi connectivity index (χ1v) is 7.55. The molecule has 0 bridgehead atoms. The highest BCUT2D eigenvalue weighted by atomic mass is 32.2. The SMILES string of the molecule is CS(=O)CCNCc1ccc2oc(C(=O)O)cc2c1. The second-order valence-electron chi connectivity index (χ2n) is 4.24. The van der Waals surface area contributed by atoms with Gasteiger partial charge in [-0.2, -0.15) is 0 Å². The third-order valence-electron chi connectivity index (χ3n) is 2.69. The van der Waals surface area contributed by atoms with Crippen LogP contribution in [0.1, 0.15) is 16.1 Å². The normalized spacial score (nSPS) is 12.7. The maximum absolute atomic E-state index is 10.9. The summed E-state index contributed by atoms with van der Waals surface area (Å²) in [6.45, 7) is 1.34. The van der Waals surface area contributed by atoms with Crippen molar-refractivity contribution in [1.29, 1.82) is 0 Å². The zero-order valence-corrected chi connectivity index (χ0v) is 11.3. The van der Waals surface area contributed by atoms with Gasteiger partial charge >= 0.3 is 5.97 Å². The van der Waals surface area contributed by atoms with Gasteiger partial charge in [0.15, 0.2) is 0 Å². The van der Waals surface area contributed by atoms with Gasteiger partial charge in [-0.3, -0.25) is 4.21 Å². The Bertz CT molecular complexity index is 620. The predicted octanol–water partition coefficient (Wildman–Crippen LogP) is 1.60. The molecule has 0 aliphatic carbocycles. The first-order chi connectivity index (χ1) is 9.06. The molecular weight excluding hydrogens is 266 g/mol. The summed E-state index contributed by atoms with van der Waals surface area (Å²) in [5.74, 6) is -0.500. The highest BCUT2D eigenvalue weighted by molar-refractivity contribution is 7.84. The fourth-order valence-electron chi connectivity index (χ4n) is 1.76. The van der Waals surface area contributed by atoms with Gasteiger partial charge in [-0.05, 0) is 23.8 Å². The monoisotopic (exact) mass is 281 g/mol. The van der Waals surface area contributed by atoms with Crippen LogP contribution in [-0.2, 0) is 17.3 Å². The second-order valence-corrected chi connectivity index (χ2v) is 5.80. The topological polar surface area (TPSA) is 79.5 Å². The average molecular weight is 281 g/mol. The number of nitrogens with one attached hydrogen (secondary N) is 1. The molecule has 0 radical (unpaired) electrons. The van der Waals surface area contributed by atoms with Crippen molar-refractivity contribution in [1.82, 2.24) is 5.32 Å². The highest BCUT2D eigenvalue weighted by Crippen LogP contribution is 2.20. The molecule has 0 fully saturated rings. The van der Waals surface area contributed by atoms with Crippen molar-refractivity contribution < 1.29 is 18.5 Å². The van der Waals surface area contributed by atoms with Gasteiger partial charge in [0.2, 0.25) is 5.76 Å². The molecule has 2 rings (SSSR count). The Morgan fingerprint density at radius 2 is 2.21 bits per heavy atom. The molecule has 5 nitrogen and oxygen atoms in total. The minimum Gasteiger partial charge on any atom is -0.475 e. The highest BCUT2D eigenvalue weighted by Gasteiger charge is 2.10. The lowest BCUT2D eigenvalue weighted by atomic mass is 10.1. The summed E-state index contributed by atoms with van der Waals surface area (Å²) < 4.78 is 16.1. The van der Waals surface area contributed by atoms with Gasteiger partial charge < -0.3 is 14.8 Å². The third-order valence-corrected chi connectivity index (χ3v) is 3.47. The van der Waals surface area contributed by atoms with Gasteiger partial charge in [-0.1, -0.05) is 6.07 Å². The number of hydrogen-bond donors (Lipinski definition) is 2. The Morgan fingerprint density at radius 3 is 2.89 bits per heavy atom. The number of rotatable bonds is 6. The van der Waals surface area contributed by atoms with E-state index in [2.05, 4.69) is 5.32 Å². The molecule has 102 valence electrons. The van der Waals surface area contributed by atoms with Gasteiger partial charge in [0.1, 0.15) is 5.58 Å². The van der Waals surface area contributed by atoms with Crippen LogP contribution in [0, 0.1) is 0 Å². The van der Waals surface area contributed by atoms with Crippen LogP contribution < -0.4 is 5.32 Å². The summed E-state index contributed by atoms with van der Waals surface area (Å²) in [6.07, 6.45) is 1.67. The van der Waals surface area contributed by atoms with Crippen molar-refractivity contribution in [3.63, 3.8) is 0 Å². The molecular formula is C13H15NO4S. The van der Waals surface area contributed by atoms with Gasteiger partial charge in [-0.25, -0.2) is 4.79 Å². The average Bonchev–Trinajstić information content (AvgIpc) is 2.77. The summed E-state index contributed by atoms with van der Waals surface area (Å²) in [7, 11) is -0.790. The maximum atomic E-state index is 10.9. The van der Waals surface area contributed by atoms with Gasteiger partial charge in [-0.15, -0.1) is 0 Å². The fraction of sp³-hybridized carbons (Fsp3) is 0.308. The van der Waals surface area contributed by atoms with E-state index in [-0.39, 0.29) is 5.76 Å². The van der Waals surface area contributed by atoms with Crippen LogP contribution in [0.4, 0.5) is 0 Å². The molecule has 19 heavy (non-hydrogen) atoms. The van der Waals surface area contributed by atoms with Crippen molar-refractivity contribution >= 4 is 27.7 Å². The van der Waals surface area contributed by atoms with Gasteiger partial charge in [0.25, 0.3) is 0 Å². The van der Waals surface area contributed by atoms with Crippen LogP contribution >= 0.6 is 0 Å². The van der Waals surface area contributed by atoms with Crippen LogP contribution in [-0.4, -0.2) is 33.8 Å². The minimum absolute atomic E-state index is 0.0542. The molecule has 1 aromatic carbocycles. The Hall–Kier alpha value is -1.66. The lowest BCUT2D eigenvalue weighted by molar-refractivity contribution is 0.0665. The summed E-state index contributed by atoms with van der Waals surface area (Å²) in [4.78, 5) is 10.8. The zero-order valence-electron chi connectivity index (χ0n) is 10.5. The van der Waals surface area contributed by atoms with Crippen LogP contribution in [0.2, 0.25) is 0 Å². The number of hydrogen-bond acceptors (Lipinski definition) is 4. The number of benzene rings is 1. The Labute approximate surface area is 113 Å². The van der Waals surface area contributed by atoms with E-state index in [0.717, 1.165) is 10.9 Å².